The molecular weight excluding hydrogens is 348 g/mol. The first kappa shape index (κ1) is 14.5. The Labute approximate surface area is 128 Å². The summed E-state index contributed by atoms with van der Waals surface area (Å²) in [5.74, 6) is -0.468. The maximum Gasteiger partial charge on any atom is 0.248 e. The summed E-state index contributed by atoms with van der Waals surface area (Å²) in [7, 11) is 0. The van der Waals surface area contributed by atoms with E-state index in [1.165, 1.54) is 4.88 Å². The van der Waals surface area contributed by atoms with Crippen LogP contribution in [-0.2, 0) is 13.1 Å². The van der Waals surface area contributed by atoms with Crippen molar-refractivity contribution in [2.45, 2.75) is 13.1 Å². The lowest BCUT2D eigenvalue weighted by atomic mass is 10.1. The van der Waals surface area contributed by atoms with E-state index >= 15 is 0 Å². The van der Waals surface area contributed by atoms with Crippen LogP contribution >= 0.6 is 38.9 Å². The zero-order valence-electron chi connectivity index (χ0n) is 9.95. The van der Waals surface area contributed by atoms with E-state index < -0.39 is 5.91 Å². The maximum absolute atomic E-state index is 11.0. The van der Waals surface area contributed by atoms with E-state index in [0.717, 1.165) is 16.6 Å². The van der Waals surface area contributed by atoms with Gasteiger partial charge in [0.2, 0.25) is 5.91 Å². The van der Waals surface area contributed by atoms with E-state index in [1.807, 2.05) is 11.4 Å². The minimum absolute atomic E-state index is 0.427. The molecule has 0 aliphatic rings. The van der Waals surface area contributed by atoms with Crippen LogP contribution in [-0.4, -0.2) is 5.91 Å². The van der Waals surface area contributed by atoms with Gasteiger partial charge in [-0.05, 0) is 39.7 Å². The maximum atomic E-state index is 11.0. The molecule has 0 fully saturated rings. The van der Waals surface area contributed by atoms with Crippen LogP contribution in [0.4, 0.5) is 0 Å². The first-order chi connectivity index (χ1) is 9.06. The predicted octanol–water partition coefficient (Wildman–Crippen LogP) is 3.55. The van der Waals surface area contributed by atoms with Gasteiger partial charge in [0.25, 0.3) is 0 Å². The number of carbonyl (C=O) groups excluding carboxylic acids is 1. The number of benzene rings is 1. The SMILES string of the molecule is NC(=O)c1ccc(CNCc2cc(Br)cs2)c(Cl)c1. The van der Waals surface area contributed by atoms with Crippen molar-refractivity contribution >= 4 is 44.8 Å². The van der Waals surface area contributed by atoms with Crippen LogP contribution < -0.4 is 11.1 Å². The Kier molecular flexibility index (Phi) is 4.99. The summed E-state index contributed by atoms with van der Waals surface area (Å²) in [5.41, 5.74) is 6.57. The third-order valence-corrected chi connectivity index (χ3v) is 4.62. The number of nitrogens with two attached hydrogens (primary N) is 1. The molecule has 0 spiro atoms. The van der Waals surface area contributed by atoms with Gasteiger partial charge in [0.1, 0.15) is 0 Å². The predicted molar refractivity (Wildman–Crippen MR) is 82.5 cm³/mol. The van der Waals surface area contributed by atoms with Crippen molar-refractivity contribution < 1.29 is 4.79 Å². The van der Waals surface area contributed by atoms with Gasteiger partial charge >= 0.3 is 0 Å². The molecule has 0 unspecified atom stereocenters. The molecule has 100 valence electrons. The van der Waals surface area contributed by atoms with Crippen molar-refractivity contribution in [1.29, 1.82) is 0 Å². The molecule has 0 bridgehead atoms. The second-order valence-electron chi connectivity index (χ2n) is 4.01. The van der Waals surface area contributed by atoms with E-state index in [4.69, 9.17) is 17.3 Å². The molecule has 1 heterocycles. The summed E-state index contributed by atoms with van der Waals surface area (Å²) >= 11 is 11.2. The highest BCUT2D eigenvalue weighted by molar-refractivity contribution is 9.10. The molecule has 1 aromatic heterocycles. The molecule has 6 heteroatoms. The smallest absolute Gasteiger partial charge is 0.248 e. The van der Waals surface area contributed by atoms with Crippen molar-refractivity contribution in [3.8, 4) is 0 Å². The van der Waals surface area contributed by atoms with Gasteiger partial charge in [0, 0.05) is 38.4 Å². The first-order valence-electron chi connectivity index (χ1n) is 5.58. The van der Waals surface area contributed by atoms with Gasteiger partial charge in [-0.25, -0.2) is 0 Å². The molecule has 1 amide bonds. The van der Waals surface area contributed by atoms with Crippen LogP contribution in [0.25, 0.3) is 0 Å². The van der Waals surface area contributed by atoms with Crippen molar-refractivity contribution in [2.75, 3.05) is 0 Å². The van der Waals surface area contributed by atoms with Crippen molar-refractivity contribution in [1.82, 2.24) is 5.32 Å². The molecule has 0 aliphatic heterocycles. The van der Waals surface area contributed by atoms with Crippen molar-refractivity contribution in [3.05, 3.63) is 55.1 Å². The number of nitrogens with one attached hydrogen (secondary N) is 1. The third kappa shape index (κ3) is 4.04. The Balaban J connectivity index is 1.94. The Bertz CT molecular complexity index is 600. The molecule has 0 saturated heterocycles. The molecule has 2 rings (SSSR count). The average Bonchev–Trinajstić information content (AvgIpc) is 2.77. The normalized spacial score (nSPS) is 10.6. The number of thiophene rings is 1. The lowest BCUT2D eigenvalue weighted by molar-refractivity contribution is 0.100. The monoisotopic (exact) mass is 358 g/mol. The van der Waals surface area contributed by atoms with Crippen LogP contribution in [0.2, 0.25) is 5.02 Å². The minimum Gasteiger partial charge on any atom is -0.366 e. The van der Waals surface area contributed by atoms with Crippen LogP contribution in [0.15, 0.2) is 34.1 Å². The van der Waals surface area contributed by atoms with Crippen molar-refractivity contribution in [2.24, 2.45) is 5.73 Å². The Hall–Kier alpha value is -0.880. The summed E-state index contributed by atoms with van der Waals surface area (Å²) in [4.78, 5) is 12.3. The number of halogens is 2. The van der Waals surface area contributed by atoms with Crippen molar-refractivity contribution in [3.63, 3.8) is 0 Å². The van der Waals surface area contributed by atoms with E-state index in [0.29, 0.717) is 17.1 Å². The van der Waals surface area contributed by atoms with Gasteiger partial charge in [0.05, 0.1) is 0 Å². The van der Waals surface area contributed by atoms with Gasteiger partial charge in [-0.15, -0.1) is 11.3 Å². The zero-order valence-corrected chi connectivity index (χ0v) is 13.1. The number of hydrogen-bond donors (Lipinski definition) is 2. The fourth-order valence-corrected chi connectivity index (χ4v) is 3.28. The third-order valence-electron chi connectivity index (χ3n) is 2.57. The second-order valence-corrected chi connectivity index (χ2v) is 6.32. The number of amides is 1. The topological polar surface area (TPSA) is 55.1 Å². The average molecular weight is 360 g/mol. The highest BCUT2D eigenvalue weighted by atomic mass is 79.9. The summed E-state index contributed by atoms with van der Waals surface area (Å²) in [6.45, 7) is 1.43. The Morgan fingerprint density at radius 2 is 2.16 bits per heavy atom. The second kappa shape index (κ2) is 6.52. The van der Waals surface area contributed by atoms with Gasteiger partial charge in [-0.2, -0.15) is 0 Å². The van der Waals surface area contributed by atoms with Crippen LogP contribution in [0, 0.1) is 0 Å². The summed E-state index contributed by atoms with van der Waals surface area (Å²) < 4.78 is 1.10. The molecule has 1 aromatic carbocycles. The minimum atomic E-state index is -0.468. The highest BCUT2D eigenvalue weighted by Crippen LogP contribution is 2.20. The van der Waals surface area contributed by atoms with E-state index in [9.17, 15) is 4.79 Å². The number of carbonyl (C=O) groups is 1. The fraction of sp³-hybridized carbons (Fsp3) is 0.154. The lowest BCUT2D eigenvalue weighted by Gasteiger charge is -2.07. The zero-order chi connectivity index (χ0) is 13.8. The summed E-state index contributed by atoms with van der Waals surface area (Å²) in [6.07, 6.45) is 0. The first-order valence-corrected chi connectivity index (χ1v) is 7.63. The van der Waals surface area contributed by atoms with E-state index in [-0.39, 0.29) is 0 Å². The molecule has 2 aromatic rings. The Morgan fingerprint density at radius 1 is 1.37 bits per heavy atom. The van der Waals surface area contributed by atoms with E-state index in [2.05, 4.69) is 27.3 Å². The molecule has 0 saturated carbocycles. The summed E-state index contributed by atoms with van der Waals surface area (Å²) in [5, 5.41) is 5.91. The highest BCUT2D eigenvalue weighted by Gasteiger charge is 2.05. The molecule has 0 radical (unpaired) electrons. The molecule has 3 N–H and O–H groups in total. The standard InChI is InChI=1S/C13H12BrClN2OS/c14-10-4-11(19-7-10)6-17-5-9-2-1-8(13(16)18)3-12(9)15/h1-4,7,17H,5-6H2,(H2,16,18). The molecular formula is C13H12BrClN2OS. The van der Waals surface area contributed by atoms with E-state index in [1.54, 1.807) is 23.5 Å². The fourth-order valence-electron chi connectivity index (χ4n) is 1.61. The lowest BCUT2D eigenvalue weighted by Crippen LogP contribution is -2.14. The Morgan fingerprint density at radius 3 is 2.74 bits per heavy atom. The number of primary amides is 1. The van der Waals surface area contributed by atoms with Crippen LogP contribution in [0.3, 0.4) is 0 Å². The summed E-state index contributed by atoms with van der Waals surface area (Å²) in [6, 6.07) is 7.19. The van der Waals surface area contributed by atoms with Gasteiger partial charge in [-0.1, -0.05) is 17.7 Å². The van der Waals surface area contributed by atoms with Gasteiger partial charge < -0.3 is 11.1 Å². The van der Waals surface area contributed by atoms with Crippen LogP contribution in [0.5, 0.6) is 0 Å². The molecule has 0 atom stereocenters. The molecule has 3 nitrogen and oxygen atoms in total. The van der Waals surface area contributed by atoms with Gasteiger partial charge in [-0.3, -0.25) is 4.79 Å². The number of rotatable bonds is 5. The number of hydrogen-bond acceptors (Lipinski definition) is 3. The molecule has 0 aliphatic carbocycles. The largest absolute Gasteiger partial charge is 0.366 e. The quantitative estimate of drug-likeness (QED) is 0.857. The van der Waals surface area contributed by atoms with Crippen LogP contribution in [0.1, 0.15) is 20.8 Å². The molecule has 19 heavy (non-hydrogen) atoms. The van der Waals surface area contributed by atoms with Gasteiger partial charge in [0.15, 0.2) is 0 Å².